The molecule has 0 aromatic heterocycles. The smallest absolute Gasteiger partial charge is 0.258 e. The Hall–Kier alpha value is -2.04. The van der Waals surface area contributed by atoms with Crippen molar-refractivity contribution in [3.05, 3.63) is 30.3 Å². The molecule has 22 heavy (non-hydrogen) atoms. The molecule has 1 N–H and O–H groups in total. The van der Waals surface area contributed by atoms with Crippen LogP contribution in [0.25, 0.3) is 0 Å². The van der Waals surface area contributed by atoms with Crippen molar-refractivity contribution in [1.29, 1.82) is 0 Å². The summed E-state index contributed by atoms with van der Waals surface area (Å²) in [5.41, 5.74) is 0. The summed E-state index contributed by atoms with van der Waals surface area (Å²) in [6.07, 6.45) is 5.74. The molecular formula is C17H24N2O3. The molecule has 0 spiro atoms. The van der Waals surface area contributed by atoms with Crippen molar-refractivity contribution in [2.24, 2.45) is 0 Å². The Bertz CT molecular complexity index is 484. The minimum absolute atomic E-state index is 0.0317. The second-order valence-corrected chi connectivity index (χ2v) is 5.67. The van der Waals surface area contributed by atoms with Crippen LogP contribution in [0.3, 0.4) is 0 Å². The van der Waals surface area contributed by atoms with Crippen LogP contribution in [0.15, 0.2) is 30.3 Å². The Labute approximate surface area is 131 Å². The highest BCUT2D eigenvalue weighted by molar-refractivity contribution is 5.85. The number of hydrogen-bond donors (Lipinski definition) is 1. The quantitative estimate of drug-likeness (QED) is 0.874. The lowest BCUT2D eigenvalue weighted by atomic mass is 9.94. The van der Waals surface area contributed by atoms with Gasteiger partial charge in [-0.15, -0.1) is 0 Å². The minimum Gasteiger partial charge on any atom is -0.484 e. The zero-order valence-electron chi connectivity index (χ0n) is 13.1. The first kappa shape index (κ1) is 16.3. The number of para-hydroxylation sites is 1. The van der Waals surface area contributed by atoms with Crippen LogP contribution in [-0.4, -0.2) is 43.0 Å². The predicted molar refractivity (Wildman–Crippen MR) is 84.6 cm³/mol. The highest BCUT2D eigenvalue weighted by atomic mass is 16.5. The van der Waals surface area contributed by atoms with E-state index in [-0.39, 0.29) is 25.0 Å². The first-order valence-corrected chi connectivity index (χ1v) is 7.87. The molecular weight excluding hydrogens is 280 g/mol. The fourth-order valence-electron chi connectivity index (χ4n) is 2.69. The number of ether oxygens (including phenoxy) is 1. The second-order valence-electron chi connectivity index (χ2n) is 5.67. The molecule has 0 heterocycles. The van der Waals surface area contributed by atoms with Gasteiger partial charge < -0.3 is 15.0 Å². The molecule has 1 aliphatic rings. The number of benzene rings is 1. The Kier molecular flexibility index (Phi) is 6.25. The zero-order valence-corrected chi connectivity index (χ0v) is 13.1. The van der Waals surface area contributed by atoms with Crippen molar-refractivity contribution >= 4 is 11.8 Å². The van der Waals surface area contributed by atoms with Crippen LogP contribution < -0.4 is 10.1 Å². The number of rotatable bonds is 6. The van der Waals surface area contributed by atoms with E-state index in [0.717, 1.165) is 12.8 Å². The van der Waals surface area contributed by atoms with Crippen molar-refractivity contribution in [2.75, 3.05) is 20.2 Å². The maximum absolute atomic E-state index is 12.1. The Morgan fingerprint density at radius 3 is 2.55 bits per heavy atom. The number of carbonyl (C=O) groups excluding carboxylic acids is 2. The highest BCUT2D eigenvalue weighted by Gasteiger charge is 2.22. The molecule has 1 aromatic rings. The van der Waals surface area contributed by atoms with Gasteiger partial charge in [0, 0.05) is 13.1 Å². The van der Waals surface area contributed by atoms with Gasteiger partial charge in [0.25, 0.3) is 5.91 Å². The third kappa shape index (κ3) is 5.06. The molecule has 0 bridgehead atoms. The van der Waals surface area contributed by atoms with E-state index in [1.54, 1.807) is 17.0 Å². The van der Waals surface area contributed by atoms with E-state index in [0.29, 0.717) is 11.8 Å². The number of nitrogens with zero attached hydrogens (tertiary/aromatic N) is 1. The molecule has 5 heteroatoms. The minimum atomic E-state index is -0.283. The summed E-state index contributed by atoms with van der Waals surface area (Å²) < 4.78 is 5.34. The molecule has 0 saturated heterocycles. The highest BCUT2D eigenvalue weighted by Crippen LogP contribution is 2.21. The van der Waals surface area contributed by atoms with Crippen LogP contribution in [0.4, 0.5) is 0 Å². The van der Waals surface area contributed by atoms with E-state index in [9.17, 15) is 9.59 Å². The maximum atomic E-state index is 12.1. The van der Waals surface area contributed by atoms with Crippen LogP contribution in [0.1, 0.15) is 32.1 Å². The summed E-state index contributed by atoms with van der Waals surface area (Å²) in [6, 6.07) is 9.46. The van der Waals surface area contributed by atoms with E-state index in [1.807, 2.05) is 25.2 Å². The molecule has 1 aliphatic carbocycles. The third-order valence-corrected chi connectivity index (χ3v) is 4.07. The molecule has 0 unspecified atom stereocenters. The lowest BCUT2D eigenvalue weighted by Crippen LogP contribution is -2.44. The fraction of sp³-hybridized carbons (Fsp3) is 0.529. The lowest BCUT2D eigenvalue weighted by Gasteiger charge is -2.31. The Morgan fingerprint density at radius 1 is 1.18 bits per heavy atom. The van der Waals surface area contributed by atoms with Crippen LogP contribution in [0, 0.1) is 0 Å². The molecule has 1 saturated carbocycles. The average Bonchev–Trinajstić information content (AvgIpc) is 2.58. The standard InChI is InChI=1S/C17H24N2O3/c1-19(14-8-4-2-5-9-14)17(21)12-18-16(20)13-22-15-10-6-3-7-11-15/h3,6-7,10-11,14H,2,4-5,8-9,12-13H2,1H3,(H,18,20). The topological polar surface area (TPSA) is 58.6 Å². The van der Waals surface area contributed by atoms with Gasteiger partial charge in [-0.2, -0.15) is 0 Å². The van der Waals surface area contributed by atoms with Gasteiger partial charge in [-0.3, -0.25) is 9.59 Å². The van der Waals surface area contributed by atoms with Crippen LogP contribution in [-0.2, 0) is 9.59 Å². The monoisotopic (exact) mass is 304 g/mol. The molecule has 1 aromatic carbocycles. The van der Waals surface area contributed by atoms with Crippen LogP contribution in [0.5, 0.6) is 5.75 Å². The summed E-state index contributed by atoms with van der Waals surface area (Å²) >= 11 is 0. The number of amides is 2. The van der Waals surface area contributed by atoms with Gasteiger partial charge in [-0.1, -0.05) is 37.5 Å². The molecule has 0 radical (unpaired) electrons. The van der Waals surface area contributed by atoms with E-state index in [4.69, 9.17) is 4.74 Å². The lowest BCUT2D eigenvalue weighted by molar-refractivity contribution is -0.134. The van der Waals surface area contributed by atoms with Crippen molar-refractivity contribution in [3.8, 4) is 5.75 Å². The normalized spacial score (nSPS) is 15.1. The van der Waals surface area contributed by atoms with Crippen molar-refractivity contribution in [1.82, 2.24) is 10.2 Å². The molecule has 0 aliphatic heterocycles. The van der Waals surface area contributed by atoms with Crippen molar-refractivity contribution in [3.63, 3.8) is 0 Å². The van der Waals surface area contributed by atoms with Gasteiger partial charge >= 0.3 is 0 Å². The summed E-state index contributed by atoms with van der Waals surface area (Å²) in [5, 5.41) is 2.62. The van der Waals surface area contributed by atoms with Crippen LogP contribution in [0.2, 0.25) is 0 Å². The third-order valence-electron chi connectivity index (χ3n) is 4.07. The summed E-state index contributed by atoms with van der Waals surface area (Å²) in [5.74, 6) is 0.317. The molecule has 1 fully saturated rings. The summed E-state index contributed by atoms with van der Waals surface area (Å²) in [7, 11) is 1.82. The SMILES string of the molecule is CN(C(=O)CNC(=O)COc1ccccc1)C1CCCCC1. The largest absolute Gasteiger partial charge is 0.484 e. The van der Waals surface area contributed by atoms with Gasteiger partial charge in [0.05, 0.1) is 6.54 Å². The van der Waals surface area contributed by atoms with Crippen LogP contribution >= 0.6 is 0 Å². The zero-order chi connectivity index (χ0) is 15.8. The van der Waals surface area contributed by atoms with Gasteiger partial charge in [0.2, 0.25) is 5.91 Å². The number of hydrogen-bond acceptors (Lipinski definition) is 3. The average molecular weight is 304 g/mol. The summed E-state index contributed by atoms with van der Waals surface area (Å²) in [6.45, 7) is -0.0472. The Balaban J connectivity index is 1.67. The van der Waals surface area contributed by atoms with E-state index >= 15 is 0 Å². The van der Waals surface area contributed by atoms with E-state index in [2.05, 4.69) is 5.32 Å². The Morgan fingerprint density at radius 2 is 1.86 bits per heavy atom. The fourth-order valence-corrected chi connectivity index (χ4v) is 2.69. The first-order valence-electron chi connectivity index (χ1n) is 7.87. The van der Waals surface area contributed by atoms with Gasteiger partial charge in [0.15, 0.2) is 6.61 Å². The molecule has 0 atom stereocenters. The van der Waals surface area contributed by atoms with E-state index in [1.165, 1.54) is 19.3 Å². The van der Waals surface area contributed by atoms with Gasteiger partial charge in [-0.05, 0) is 25.0 Å². The van der Waals surface area contributed by atoms with Crippen molar-refractivity contribution in [2.45, 2.75) is 38.1 Å². The van der Waals surface area contributed by atoms with Gasteiger partial charge in [0.1, 0.15) is 5.75 Å². The molecule has 5 nitrogen and oxygen atoms in total. The maximum Gasteiger partial charge on any atom is 0.258 e. The first-order chi connectivity index (χ1) is 10.7. The second kappa shape index (κ2) is 8.41. The predicted octanol–water partition coefficient (Wildman–Crippen LogP) is 1.97. The number of likely N-dealkylation sites (N-methyl/N-ethyl adjacent to an activating group) is 1. The molecule has 2 rings (SSSR count). The number of nitrogens with one attached hydrogen (secondary N) is 1. The number of carbonyl (C=O) groups is 2. The van der Waals surface area contributed by atoms with Crippen molar-refractivity contribution < 1.29 is 14.3 Å². The summed E-state index contributed by atoms with van der Waals surface area (Å²) in [4.78, 5) is 25.6. The van der Waals surface area contributed by atoms with E-state index < -0.39 is 0 Å². The molecule has 2 amide bonds. The van der Waals surface area contributed by atoms with Gasteiger partial charge in [-0.25, -0.2) is 0 Å². The molecule has 120 valence electrons.